The Kier molecular flexibility index (Phi) is 6.55. The first-order chi connectivity index (χ1) is 13.8. The predicted octanol–water partition coefficient (Wildman–Crippen LogP) is 2.60. The molecule has 0 bridgehead atoms. The number of carbonyl (C=O) groups excluding carboxylic acids is 2. The van der Waals surface area contributed by atoms with E-state index in [0.717, 1.165) is 24.0 Å². The molecule has 2 aliphatic carbocycles. The van der Waals surface area contributed by atoms with Crippen molar-refractivity contribution in [2.45, 2.75) is 38.6 Å². The molecule has 1 aliphatic heterocycles. The first-order valence-electron chi connectivity index (χ1n) is 9.64. The largest absolute Gasteiger partial charge is 0.460 e. The summed E-state index contributed by atoms with van der Waals surface area (Å²) in [6.07, 6.45) is 7.52. The van der Waals surface area contributed by atoms with Crippen LogP contribution in [0.4, 0.5) is 0 Å². The van der Waals surface area contributed by atoms with Crippen molar-refractivity contribution in [3.63, 3.8) is 0 Å². The van der Waals surface area contributed by atoms with E-state index in [0.29, 0.717) is 24.8 Å². The van der Waals surface area contributed by atoms with Gasteiger partial charge in [0.05, 0.1) is 18.2 Å². The van der Waals surface area contributed by atoms with Crippen LogP contribution in [0, 0.1) is 17.3 Å². The molecule has 1 saturated carbocycles. The van der Waals surface area contributed by atoms with E-state index in [4.69, 9.17) is 13.5 Å². The van der Waals surface area contributed by atoms with Crippen molar-refractivity contribution in [2.24, 2.45) is 17.3 Å². The third-order valence-electron chi connectivity index (χ3n) is 6.51. The molecule has 0 spiro atoms. The molecule has 2 unspecified atom stereocenters. The van der Waals surface area contributed by atoms with Crippen molar-refractivity contribution in [3.8, 4) is 0 Å². The van der Waals surface area contributed by atoms with Crippen molar-refractivity contribution in [1.29, 1.82) is 0 Å². The van der Waals surface area contributed by atoms with Crippen LogP contribution in [0.1, 0.15) is 32.6 Å². The lowest BCUT2D eigenvalue weighted by Gasteiger charge is -2.48. The van der Waals surface area contributed by atoms with Crippen LogP contribution in [0.25, 0.3) is 0 Å². The molecule has 3 rings (SSSR count). The van der Waals surface area contributed by atoms with Gasteiger partial charge in [-0.05, 0) is 31.6 Å². The van der Waals surface area contributed by atoms with Gasteiger partial charge in [0.1, 0.15) is 6.61 Å². The van der Waals surface area contributed by atoms with Crippen LogP contribution in [0.15, 0.2) is 47.6 Å². The number of amides is 1. The monoisotopic (exact) mass is 421 g/mol. The summed E-state index contributed by atoms with van der Waals surface area (Å²) in [5, 5.41) is 2.61. The Balaban J connectivity index is 1.84. The Labute approximate surface area is 173 Å². The summed E-state index contributed by atoms with van der Waals surface area (Å²) >= 11 is -2.33. The van der Waals surface area contributed by atoms with Gasteiger partial charge in [0.2, 0.25) is 6.41 Å². The fourth-order valence-corrected chi connectivity index (χ4v) is 5.03. The van der Waals surface area contributed by atoms with E-state index in [-0.39, 0.29) is 25.0 Å². The second-order valence-electron chi connectivity index (χ2n) is 8.04. The number of nitrogens with one attached hydrogen (secondary N) is 1. The van der Waals surface area contributed by atoms with E-state index in [1.54, 1.807) is 0 Å². The van der Waals surface area contributed by atoms with Crippen molar-refractivity contribution in [3.05, 3.63) is 47.6 Å². The fourth-order valence-electron chi connectivity index (χ4n) is 4.68. The highest BCUT2D eigenvalue weighted by molar-refractivity contribution is 7.74. The number of ether oxygens (including phenoxy) is 1. The van der Waals surface area contributed by atoms with Crippen LogP contribution in [0.2, 0.25) is 0 Å². The second-order valence-corrected chi connectivity index (χ2v) is 8.71. The van der Waals surface area contributed by atoms with Crippen molar-refractivity contribution in [1.82, 2.24) is 5.32 Å². The second kappa shape index (κ2) is 8.77. The van der Waals surface area contributed by atoms with Gasteiger partial charge in [0.25, 0.3) is 0 Å². The highest BCUT2D eigenvalue weighted by Gasteiger charge is 2.45. The lowest BCUT2D eigenvalue weighted by Crippen LogP contribution is -2.41. The number of fused-ring (bicyclic) bond motifs is 1. The van der Waals surface area contributed by atoms with Gasteiger partial charge in [-0.15, -0.1) is 0 Å². The molecule has 5 atom stereocenters. The summed E-state index contributed by atoms with van der Waals surface area (Å²) < 4.78 is 30.3. The Morgan fingerprint density at radius 3 is 2.93 bits per heavy atom. The maximum Gasteiger partial charge on any atom is 0.336 e. The van der Waals surface area contributed by atoms with E-state index in [1.165, 1.54) is 5.57 Å². The topological polar surface area (TPSA) is 102 Å². The molecular weight excluding hydrogens is 394 g/mol. The van der Waals surface area contributed by atoms with Crippen LogP contribution in [0.5, 0.6) is 0 Å². The zero-order valence-corrected chi connectivity index (χ0v) is 17.3. The predicted molar refractivity (Wildman–Crippen MR) is 109 cm³/mol. The maximum atomic E-state index is 12.0. The van der Waals surface area contributed by atoms with Gasteiger partial charge in [-0.1, -0.05) is 49.0 Å². The zero-order chi connectivity index (χ0) is 21.2. The first kappa shape index (κ1) is 21.7. The number of cyclic esters (lactones) is 1. The molecule has 158 valence electrons. The third-order valence-corrected chi connectivity index (χ3v) is 6.83. The van der Waals surface area contributed by atoms with E-state index in [2.05, 4.69) is 24.6 Å². The van der Waals surface area contributed by atoms with Crippen LogP contribution >= 0.6 is 0 Å². The summed E-state index contributed by atoms with van der Waals surface area (Å²) in [5.41, 5.74) is 3.32. The number of carbonyl (C=O) groups is 2. The molecule has 1 heterocycles. The molecule has 1 saturated heterocycles. The van der Waals surface area contributed by atoms with E-state index in [9.17, 15) is 13.8 Å². The molecule has 2 fully saturated rings. The summed E-state index contributed by atoms with van der Waals surface area (Å²) in [7, 11) is 0. The van der Waals surface area contributed by atoms with Gasteiger partial charge in [-0.2, -0.15) is 4.21 Å². The molecule has 7 nitrogen and oxygen atoms in total. The minimum Gasteiger partial charge on any atom is -0.460 e. The third kappa shape index (κ3) is 4.29. The number of hydrogen-bond donors (Lipinski definition) is 2. The molecule has 0 aromatic rings. The summed E-state index contributed by atoms with van der Waals surface area (Å²) in [5.74, 6) is -0.226. The summed E-state index contributed by atoms with van der Waals surface area (Å²) in [4.78, 5) is 22.8. The number of rotatable bonds is 7. The van der Waals surface area contributed by atoms with E-state index < -0.39 is 28.8 Å². The van der Waals surface area contributed by atoms with Crippen molar-refractivity contribution in [2.75, 3.05) is 13.2 Å². The summed E-state index contributed by atoms with van der Waals surface area (Å²) in [6.45, 7) is 10.7. The number of esters is 1. The average Bonchev–Trinajstić information content (AvgIpc) is 3.02. The van der Waals surface area contributed by atoms with Crippen molar-refractivity contribution >= 4 is 23.7 Å². The molecular formula is C21H27NO6S. The highest BCUT2D eigenvalue weighted by atomic mass is 32.2. The standard InChI is InChI=1S/C21H27NO6S/c1-13-4-9-18-16(6-5-14(2)21(18,3)11-28-29(25)26)15(13)7-8-17-19(22-12-23)10-27-20(17)24/h6,8,12,15,18-19H,1-2,4-5,7,9-11H2,3H3,(H,22,23)(H,25,26)/b17-8+/t15-,18+,19?,21-/m1/s1. The number of hydrogen-bond acceptors (Lipinski definition) is 5. The molecule has 8 heteroatoms. The van der Waals surface area contributed by atoms with Gasteiger partial charge in [0, 0.05) is 11.3 Å². The molecule has 0 aromatic heterocycles. The van der Waals surface area contributed by atoms with Gasteiger partial charge in [-0.25, -0.2) is 4.79 Å². The normalized spacial score (nSPS) is 34.4. The minimum absolute atomic E-state index is 0.0542. The highest BCUT2D eigenvalue weighted by Crippen LogP contribution is 2.54. The Bertz CT molecular complexity index is 816. The Morgan fingerprint density at radius 1 is 1.48 bits per heavy atom. The number of allylic oxidation sites excluding steroid dienone is 4. The van der Waals surface area contributed by atoms with Crippen LogP contribution in [-0.4, -0.2) is 40.4 Å². The SMILES string of the molecule is C=C1CC[C@H]2C(=CCC(=C)[C@@]2(C)COS(=O)O)[C@@H]1C/C=C1/C(=O)OCC1NC=O. The first-order valence-corrected chi connectivity index (χ1v) is 10.7. The molecule has 2 N–H and O–H groups in total. The summed E-state index contributed by atoms with van der Waals surface area (Å²) in [6, 6.07) is -0.425. The molecule has 1 amide bonds. The smallest absolute Gasteiger partial charge is 0.336 e. The van der Waals surface area contributed by atoms with E-state index >= 15 is 0 Å². The molecule has 0 aromatic carbocycles. The maximum absolute atomic E-state index is 12.0. The Morgan fingerprint density at radius 2 is 2.24 bits per heavy atom. The zero-order valence-electron chi connectivity index (χ0n) is 16.5. The fraction of sp³-hybridized carbons (Fsp3) is 0.524. The van der Waals surface area contributed by atoms with Gasteiger partial charge in [-0.3, -0.25) is 13.5 Å². The van der Waals surface area contributed by atoms with Crippen LogP contribution in [0.3, 0.4) is 0 Å². The van der Waals surface area contributed by atoms with Gasteiger partial charge in [0.15, 0.2) is 0 Å². The molecule has 3 aliphatic rings. The average molecular weight is 422 g/mol. The molecule has 29 heavy (non-hydrogen) atoms. The van der Waals surface area contributed by atoms with E-state index in [1.807, 2.05) is 13.0 Å². The quantitative estimate of drug-likeness (QED) is 0.215. The van der Waals surface area contributed by atoms with Crippen molar-refractivity contribution < 1.29 is 27.3 Å². The van der Waals surface area contributed by atoms with Crippen LogP contribution < -0.4 is 5.32 Å². The lowest BCUT2D eigenvalue weighted by atomic mass is 9.57. The Hall–Kier alpha value is -2.03. The minimum atomic E-state index is -2.33. The van der Waals surface area contributed by atoms with Gasteiger partial charge >= 0.3 is 17.3 Å². The lowest BCUT2D eigenvalue weighted by molar-refractivity contribution is -0.135. The van der Waals surface area contributed by atoms with Gasteiger partial charge < -0.3 is 10.1 Å². The van der Waals surface area contributed by atoms with Crippen LogP contribution in [-0.2, 0) is 29.9 Å². The molecule has 0 radical (unpaired) electrons.